The number of sulfonamides is 1. The number of hydrogen-bond donors (Lipinski definition) is 2. The van der Waals surface area contributed by atoms with E-state index in [9.17, 15) is 22.4 Å². The fourth-order valence-electron chi connectivity index (χ4n) is 2.88. The number of carbonyl (C=O) groups excluding carboxylic acids is 2. The molecule has 7 nitrogen and oxygen atoms in total. The number of halogens is 2. The number of rotatable bonds is 9. The van der Waals surface area contributed by atoms with Crippen LogP contribution in [0.25, 0.3) is 0 Å². The predicted molar refractivity (Wildman–Crippen MR) is 128 cm³/mol. The number of unbranched alkanes of at least 4 members (excludes halogenated alkanes) is 1. The van der Waals surface area contributed by atoms with Gasteiger partial charge in [0.1, 0.15) is 5.82 Å². The van der Waals surface area contributed by atoms with E-state index in [2.05, 4.69) is 10.0 Å². The van der Waals surface area contributed by atoms with Crippen molar-refractivity contribution in [2.45, 2.75) is 24.7 Å². The molecule has 0 atom stereocenters. The topological polar surface area (TPSA) is 102 Å². The van der Waals surface area contributed by atoms with Gasteiger partial charge in [0.25, 0.3) is 15.9 Å². The third-order valence-corrected chi connectivity index (χ3v) is 6.43. The van der Waals surface area contributed by atoms with E-state index in [0.717, 1.165) is 31.0 Å². The Balaban J connectivity index is 1.69. The summed E-state index contributed by atoms with van der Waals surface area (Å²) in [6.07, 6.45) is 1.64. The Labute approximate surface area is 202 Å². The maximum absolute atomic E-state index is 14.6. The number of hydrogen-bond acceptors (Lipinski definition) is 5. The lowest BCUT2D eigenvalue weighted by atomic mass is 10.2. The van der Waals surface area contributed by atoms with E-state index in [0.29, 0.717) is 6.61 Å². The summed E-state index contributed by atoms with van der Waals surface area (Å²) < 4.78 is 47.3. The molecular formula is C24H22ClFN2O5S. The number of carbonyl (C=O) groups is 2. The van der Waals surface area contributed by atoms with Gasteiger partial charge in [0, 0.05) is 5.69 Å². The van der Waals surface area contributed by atoms with Gasteiger partial charge in [-0.15, -0.1) is 0 Å². The number of anilines is 2. The summed E-state index contributed by atoms with van der Waals surface area (Å²) in [4.78, 5) is 23.9. The molecule has 0 bridgehead atoms. The number of benzene rings is 3. The van der Waals surface area contributed by atoms with Gasteiger partial charge in [-0.3, -0.25) is 9.52 Å². The minimum absolute atomic E-state index is 0.152. The summed E-state index contributed by atoms with van der Waals surface area (Å²) in [6.45, 7) is 2.29. The third kappa shape index (κ3) is 6.33. The first-order chi connectivity index (χ1) is 16.2. The second-order valence-electron chi connectivity index (χ2n) is 7.25. The van der Waals surface area contributed by atoms with Crippen molar-refractivity contribution in [3.8, 4) is 0 Å². The summed E-state index contributed by atoms with van der Waals surface area (Å²) in [5.74, 6) is -2.07. The number of amides is 1. The highest BCUT2D eigenvalue weighted by Gasteiger charge is 2.19. The molecule has 2 N–H and O–H groups in total. The first kappa shape index (κ1) is 25.2. The summed E-state index contributed by atoms with van der Waals surface area (Å²) in [5, 5.41) is 2.57. The van der Waals surface area contributed by atoms with Crippen molar-refractivity contribution >= 4 is 44.9 Å². The zero-order chi connectivity index (χ0) is 24.7. The summed E-state index contributed by atoms with van der Waals surface area (Å²) >= 11 is 5.97. The highest BCUT2D eigenvalue weighted by Crippen LogP contribution is 2.23. The normalized spacial score (nSPS) is 11.0. The standard InChI is InChI=1S/C24H22ClFN2O5S/c1-2-3-14-33-24(30)16-8-10-17(11-9-16)28-34(31,32)18-12-13-22(21(26)15-18)27-23(29)19-6-4-5-7-20(19)25/h4-13,15,28H,2-3,14H2,1H3,(H,27,29). The van der Waals surface area contributed by atoms with Gasteiger partial charge in [-0.1, -0.05) is 37.1 Å². The van der Waals surface area contributed by atoms with Gasteiger partial charge < -0.3 is 10.1 Å². The molecule has 0 fully saturated rings. The van der Waals surface area contributed by atoms with Crippen molar-refractivity contribution in [1.82, 2.24) is 0 Å². The number of ether oxygens (including phenoxy) is 1. The predicted octanol–water partition coefficient (Wildman–Crippen LogP) is 5.49. The molecule has 0 aliphatic heterocycles. The molecule has 0 unspecified atom stereocenters. The molecule has 0 radical (unpaired) electrons. The second-order valence-corrected chi connectivity index (χ2v) is 9.34. The first-order valence-electron chi connectivity index (χ1n) is 10.4. The Morgan fingerprint density at radius 1 is 1.03 bits per heavy atom. The smallest absolute Gasteiger partial charge is 0.338 e. The molecule has 0 aliphatic carbocycles. The molecule has 1 amide bonds. The van der Waals surface area contributed by atoms with Crippen LogP contribution in [0.2, 0.25) is 5.02 Å². The Hall–Kier alpha value is -3.43. The van der Waals surface area contributed by atoms with Crippen LogP contribution in [0.1, 0.15) is 40.5 Å². The zero-order valence-corrected chi connectivity index (χ0v) is 19.8. The van der Waals surface area contributed by atoms with Crippen LogP contribution in [-0.2, 0) is 14.8 Å². The lowest BCUT2D eigenvalue weighted by Gasteiger charge is -2.11. The molecule has 0 aromatic heterocycles. The van der Waals surface area contributed by atoms with E-state index >= 15 is 0 Å². The Kier molecular flexibility index (Phi) is 8.25. The monoisotopic (exact) mass is 504 g/mol. The maximum atomic E-state index is 14.6. The summed E-state index contributed by atoms with van der Waals surface area (Å²) in [6, 6.07) is 15.0. The molecule has 3 aromatic rings. The van der Waals surface area contributed by atoms with Crippen molar-refractivity contribution < 1.29 is 27.1 Å². The van der Waals surface area contributed by atoms with Gasteiger partial charge in [-0.05, 0) is 61.0 Å². The Bertz CT molecular complexity index is 1300. The van der Waals surface area contributed by atoms with E-state index in [1.54, 1.807) is 12.1 Å². The highest BCUT2D eigenvalue weighted by molar-refractivity contribution is 7.92. The van der Waals surface area contributed by atoms with Crippen LogP contribution >= 0.6 is 11.6 Å². The maximum Gasteiger partial charge on any atom is 0.338 e. The van der Waals surface area contributed by atoms with E-state index in [1.165, 1.54) is 36.4 Å². The van der Waals surface area contributed by atoms with Crippen LogP contribution in [0.15, 0.2) is 71.6 Å². The van der Waals surface area contributed by atoms with Crippen molar-refractivity contribution in [3.05, 3.63) is 88.7 Å². The van der Waals surface area contributed by atoms with Gasteiger partial charge >= 0.3 is 5.97 Å². The van der Waals surface area contributed by atoms with Crippen LogP contribution < -0.4 is 10.0 Å². The fourth-order valence-corrected chi connectivity index (χ4v) is 4.17. The summed E-state index contributed by atoms with van der Waals surface area (Å²) in [5.41, 5.74) is 0.416. The molecule has 10 heteroatoms. The largest absolute Gasteiger partial charge is 0.462 e. The van der Waals surface area contributed by atoms with Crippen LogP contribution in [0.4, 0.5) is 15.8 Å². The first-order valence-corrected chi connectivity index (χ1v) is 12.2. The minimum Gasteiger partial charge on any atom is -0.462 e. The van der Waals surface area contributed by atoms with Crippen molar-refractivity contribution in [3.63, 3.8) is 0 Å². The van der Waals surface area contributed by atoms with Gasteiger partial charge in [0.05, 0.1) is 33.3 Å². The zero-order valence-electron chi connectivity index (χ0n) is 18.2. The van der Waals surface area contributed by atoms with E-state index in [-0.39, 0.29) is 32.4 Å². The quantitative estimate of drug-likeness (QED) is 0.296. The number of esters is 1. The third-order valence-electron chi connectivity index (χ3n) is 4.72. The van der Waals surface area contributed by atoms with Gasteiger partial charge in [0.2, 0.25) is 0 Å². The lowest BCUT2D eigenvalue weighted by Crippen LogP contribution is -2.16. The molecule has 0 saturated heterocycles. The Morgan fingerprint density at radius 2 is 1.74 bits per heavy atom. The molecule has 0 heterocycles. The molecule has 3 aromatic carbocycles. The molecule has 3 rings (SSSR count). The fraction of sp³-hybridized carbons (Fsp3) is 0.167. The SMILES string of the molecule is CCCCOC(=O)c1ccc(NS(=O)(=O)c2ccc(NC(=O)c3ccccc3Cl)c(F)c2)cc1. The van der Waals surface area contributed by atoms with Crippen molar-refractivity contribution in [1.29, 1.82) is 0 Å². The lowest BCUT2D eigenvalue weighted by molar-refractivity contribution is 0.0499. The van der Waals surface area contributed by atoms with Gasteiger partial charge in [-0.25, -0.2) is 17.6 Å². The molecular weight excluding hydrogens is 483 g/mol. The van der Waals surface area contributed by atoms with Crippen LogP contribution in [-0.4, -0.2) is 26.9 Å². The van der Waals surface area contributed by atoms with E-state index < -0.39 is 27.7 Å². The Morgan fingerprint density at radius 3 is 2.38 bits per heavy atom. The van der Waals surface area contributed by atoms with Crippen molar-refractivity contribution in [2.24, 2.45) is 0 Å². The second kappa shape index (κ2) is 11.1. The minimum atomic E-state index is -4.13. The van der Waals surface area contributed by atoms with E-state index in [4.69, 9.17) is 16.3 Å². The van der Waals surface area contributed by atoms with E-state index in [1.807, 2.05) is 6.92 Å². The average molecular weight is 505 g/mol. The van der Waals surface area contributed by atoms with Crippen LogP contribution in [0.3, 0.4) is 0 Å². The molecule has 0 spiro atoms. The summed E-state index contributed by atoms with van der Waals surface area (Å²) in [7, 11) is -4.13. The molecule has 34 heavy (non-hydrogen) atoms. The number of nitrogens with one attached hydrogen (secondary N) is 2. The molecule has 0 aliphatic rings. The van der Waals surface area contributed by atoms with Crippen LogP contribution in [0.5, 0.6) is 0 Å². The molecule has 178 valence electrons. The average Bonchev–Trinajstić information content (AvgIpc) is 2.81. The highest BCUT2D eigenvalue weighted by atomic mass is 35.5. The van der Waals surface area contributed by atoms with Gasteiger partial charge in [0.15, 0.2) is 0 Å². The van der Waals surface area contributed by atoms with Gasteiger partial charge in [-0.2, -0.15) is 0 Å². The molecule has 0 saturated carbocycles. The van der Waals surface area contributed by atoms with Crippen molar-refractivity contribution in [2.75, 3.05) is 16.6 Å². The van der Waals surface area contributed by atoms with Crippen LogP contribution in [0, 0.1) is 5.82 Å².